The Morgan fingerprint density at radius 3 is 2.19 bits per heavy atom. The predicted octanol–water partition coefficient (Wildman–Crippen LogP) is 4.37. The predicted molar refractivity (Wildman–Crippen MR) is 90.7 cm³/mol. The van der Waals surface area contributed by atoms with Crippen LogP contribution in [-0.4, -0.2) is 17.0 Å². The number of aryl methyl sites for hydroxylation is 1. The molecule has 0 fully saturated rings. The number of rotatable bonds is 5. The molecule has 2 aromatic carbocycles. The highest BCUT2D eigenvalue weighted by Gasteiger charge is 2.18. The van der Waals surface area contributed by atoms with Gasteiger partial charge in [-0.3, -0.25) is 4.21 Å². The lowest BCUT2D eigenvalue weighted by Crippen LogP contribution is -2.23. The number of nitrogens with one attached hydrogen (secondary N) is 1. The molecule has 112 valence electrons. The van der Waals surface area contributed by atoms with E-state index in [4.69, 9.17) is 23.2 Å². The molecule has 0 aliphatic carbocycles. The van der Waals surface area contributed by atoms with Gasteiger partial charge in [-0.25, -0.2) is 0 Å². The molecular weight excluding hydrogens is 325 g/mol. The molecule has 2 rings (SSSR count). The summed E-state index contributed by atoms with van der Waals surface area (Å²) < 4.78 is 12.6. The van der Waals surface area contributed by atoms with Gasteiger partial charge in [0.25, 0.3) is 0 Å². The van der Waals surface area contributed by atoms with Gasteiger partial charge in [0.2, 0.25) is 0 Å². The Labute approximate surface area is 137 Å². The lowest BCUT2D eigenvalue weighted by atomic mass is 10.1. The minimum absolute atomic E-state index is 0.0150. The number of halogens is 2. The maximum atomic E-state index is 12.6. The Bertz CT molecular complexity index is 623. The topological polar surface area (TPSA) is 29.1 Å². The fraction of sp³-hybridized carbons (Fsp3) is 0.250. The van der Waals surface area contributed by atoms with Gasteiger partial charge < -0.3 is 5.32 Å². The summed E-state index contributed by atoms with van der Waals surface area (Å²) in [4.78, 5) is 0.508. The lowest BCUT2D eigenvalue weighted by molar-refractivity contribution is 0.635. The second kappa shape index (κ2) is 7.41. The Hall–Kier alpha value is -0.870. The van der Waals surface area contributed by atoms with Crippen molar-refractivity contribution in [2.45, 2.75) is 17.9 Å². The van der Waals surface area contributed by atoms with E-state index in [9.17, 15) is 4.21 Å². The third-order valence-corrected chi connectivity index (χ3v) is 5.68. The smallest absolute Gasteiger partial charge is 0.0761 e. The molecule has 2 unspecified atom stereocenters. The highest BCUT2D eigenvalue weighted by molar-refractivity contribution is 7.85. The first-order valence-corrected chi connectivity index (χ1v) is 8.66. The first-order chi connectivity index (χ1) is 10.0. The third kappa shape index (κ3) is 4.07. The second-order valence-electron chi connectivity index (χ2n) is 4.81. The molecule has 0 amide bonds. The van der Waals surface area contributed by atoms with Crippen LogP contribution >= 0.6 is 23.2 Å². The van der Waals surface area contributed by atoms with Crippen LogP contribution in [0.25, 0.3) is 0 Å². The molecule has 21 heavy (non-hydrogen) atoms. The molecule has 0 aromatic heterocycles. The summed E-state index contributed by atoms with van der Waals surface area (Å²) in [6, 6.07) is 13.3. The zero-order valence-electron chi connectivity index (χ0n) is 11.9. The number of benzene rings is 2. The van der Waals surface area contributed by atoms with Gasteiger partial charge in [0.1, 0.15) is 0 Å². The van der Waals surface area contributed by atoms with Crippen LogP contribution in [0.1, 0.15) is 17.2 Å². The van der Waals surface area contributed by atoms with E-state index < -0.39 is 10.8 Å². The van der Waals surface area contributed by atoms with E-state index in [2.05, 4.69) is 5.32 Å². The van der Waals surface area contributed by atoms with Gasteiger partial charge in [0.05, 0.1) is 25.7 Å². The second-order valence-corrected chi connectivity index (χ2v) is 7.06. The SMILES string of the molecule is CNC(CS(=O)c1c(Cl)cccc1Cl)c1ccc(C)cc1. The summed E-state index contributed by atoms with van der Waals surface area (Å²) in [5, 5.41) is 4.09. The van der Waals surface area contributed by atoms with E-state index in [-0.39, 0.29) is 6.04 Å². The monoisotopic (exact) mass is 341 g/mol. The van der Waals surface area contributed by atoms with Crippen molar-refractivity contribution in [3.05, 3.63) is 63.6 Å². The van der Waals surface area contributed by atoms with Crippen LogP contribution in [0, 0.1) is 6.92 Å². The van der Waals surface area contributed by atoms with Crippen molar-refractivity contribution < 1.29 is 4.21 Å². The number of hydrogen-bond donors (Lipinski definition) is 1. The summed E-state index contributed by atoms with van der Waals surface area (Å²) in [6.45, 7) is 2.04. The van der Waals surface area contributed by atoms with Crippen molar-refractivity contribution in [3.63, 3.8) is 0 Å². The van der Waals surface area contributed by atoms with Crippen LogP contribution in [0.15, 0.2) is 47.4 Å². The van der Waals surface area contributed by atoms with E-state index in [1.165, 1.54) is 5.56 Å². The van der Waals surface area contributed by atoms with Gasteiger partial charge >= 0.3 is 0 Å². The summed E-state index contributed by atoms with van der Waals surface area (Å²) in [6.07, 6.45) is 0. The van der Waals surface area contributed by atoms with E-state index in [0.29, 0.717) is 20.7 Å². The quantitative estimate of drug-likeness (QED) is 0.874. The molecule has 0 aliphatic rings. The summed E-state index contributed by atoms with van der Waals surface area (Å²) in [5.41, 5.74) is 2.29. The Balaban J connectivity index is 2.22. The Morgan fingerprint density at radius 2 is 1.67 bits per heavy atom. The maximum Gasteiger partial charge on any atom is 0.0761 e. The molecule has 1 N–H and O–H groups in total. The summed E-state index contributed by atoms with van der Waals surface area (Å²) in [7, 11) is 0.588. The standard InChI is InChI=1S/C16H17Cl2NOS/c1-11-6-8-12(9-7-11)15(19-2)10-21(20)16-13(17)4-3-5-14(16)18/h3-9,15,19H,10H2,1-2H3. The molecular formula is C16H17Cl2NOS. The van der Waals surface area contributed by atoms with Crippen molar-refractivity contribution >= 4 is 34.0 Å². The van der Waals surface area contributed by atoms with Crippen molar-refractivity contribution in [3.8, 4) is 0 Å². The molecule has 0 radical (unpaired) electrons. The van der Waals surface area contributed by atoms with Gasteiger partial charge in [0.15, 0.2) is 0 Å². The average molecular weight is 342 g/mol. The van der Waals surface area contributed by atoms with Crippen molar-refractivity contribution in [2.75, 3.05) is 12.8 Å². The highest BCUT2D eigenvalue weighted by atomic mass is 35.5. The minimum Gasteiger partial charge on any atom is -0.312 e. The molecule has 0 saturated heterocycles. The van der Waals surface area contributed by atoms with Gasteiger partial charge in [-0.2, -0.15) is 0 Å². The molecule has 2 aromatic rings. The molecule has 5 heteroatoms. The molecule has 0 aliphatic heterocycles. The highest BCUT2D eigenvalue weighted by Crippen LogP contribution is 2.29. The van der Waals surface area contributed by atoms with E-state index in [0.717, 1.165) is 5.56 Å². The zero-order valence-corrected chi connectivity index (χ0v) is 14.2. The molecule has 2 atom stereocenters. The minimum atomic E-state index is -1.27. The van der Waals surface area contributed by atoms with Crippen LogP contribution in [0.4, 0.5) is 0 Å². The van der Waals surface area contributed by atoms with E-state index in [1.807, 2.05) is 38.2 Å². The van der Waals surface area contributed by atoms with Gasteiger partial charge in [-0.05, 0) is 31.7 Å². The largest absolute Gasteiger partial charge is 0.312 e. The lowest BCUT2D eigenvalue weighted by Gasteiger charge is -2.17. The fourth-order valence-electron chi connectivity index (χ4n) is 2.08. The Morgan fingerprint density at radius 1 is 1.10 bits per heavy atom. The first kappa shape index (κ1) is 16.5. The molecule has 2 nitrogen and oxygen atoms in total. The number of hydrogen-bond acceptors (Lipinski definition) is 2. The van der Waals surface area contributed by atoms with Crippen LogP contribution in [-0.2, 0) is 10.8 Å². The van der Waals surface area contributed by atoms with Crippen LogP contribution in [0.2, 0.25) is 10.0 Å². The third-order valence-electron chi connectivity index (χ3n) is 3.29. The maximum absolute atomic E-state index is 12.6. The summed E-state index contributed by atoms with van der Waals surface area (Å²) in [5.74, 6) is 0.420. The fourth-order valence-corrected chi connectivity index (χ4v) is 4.39. The van der Waals surface area contributed by atoms with Gasteiger partial charge in [-0.15, -0.1) is 0 Å². The molecule has 0 saturated carbocycles. The van der Waals surface area contributed by atoms with Crippen LogP contribution in [0.3, 0.4) is 0 Å². The average Bonchev–Trinajstić information content (AvgIpc) is 2.45. The van der Waals surface area contributed by atoms with Crippen LogP contribution < -0.4 is 5.32 Å². The van der Waals surface area contributed by atoms with Gasteiger partial charge in [0, 0.05) is 11.8 Å². The summed E-state index contributed by atoms with van der Waals surface area (Å²) >= 11 is 12.2. The van der Waals surface area contributed by atoms with Gasteiger partial charge in [-0.1, -0.05) is 59.1 Å². The van der Waals surface area contributed by atoms with Crippen molar-refractivity contribution in [2.24, 2.45) is 0 Å². The van der Waals surface area contributed by atoms with E-state index in [1.54, 1.807) is 18.2 Å². The van der Waals surface area contributed by atoms with E-state index >= 15 is 0 Å². The van der Waals surface area contributed by atoms with Crippen molar-refractivity contribution in [1.82, 2.24) is 5.32 Å². The van der Waals surface area contributed by atoms with Crippen LogP contribution in [0.5, 0.6) is 0 Å². The van der Waals surface area contributed by atoms with Crippen molar-refractivity contribution in [1.29, 1.82) is 0 Å². The normalized spacial score (nSPS) is 13.9. The molecule has 0 bridgehead atoms. The zero-order chi connectivity index (χ0) is 15.4. The molecule has 0 heterocycles. The molecule has 0 spiro atoms. The Kier molecular flexibility index (Phi) is 5.82. The first-order valence-electron chi connectivity index (χ1n) is 6.59.